The molecule has 0 bridgehead atoms. The van der Waals surface area contributed by atoms with E-state index >= 15 is 0 Å². The maximum Gasteiger partial charge on any atom is 0.340 e. The average molecular weight is 377 g/mol. The van der Waals surface area contributed by atoms with Crippen molar-refractivity contribution < 1.29 is 33.0 Å². The molecule has 0 aliphatic rings. The van der Waals surface area contributed by atoms with E-state index in [0.717, 1.165) is 6.07 Å². The van der Waals surface area contributed by atoms with Crippen LogP contribution in [0.4, 0.5) is 4.39 Å². The van der Waals surface area contributed by atoms with Gasteiger partial charge in [0.1, 0.15) is 0 Å². The minimum absolute atomic E-state index is 0.0138. The third-order valence-corrected chi connectivity index (χ3v) is 3.86. The van der Waals surface area contributed by atoms with E-state index < -0.39 is 30.1 Å². The van der Waals surface area contributed by atoms with Gasteiger partial charge in [0.2, 0.25) is 5.78 Å². The van der Waals surface area contributed by atoms with Gasteiger partial charge < -0.3 is 19.2 Å². The van der Waals surface area contributed by atoms with Gasteiger partial charge in [-0.25, -0.2) is 14.0 Å². The molecule has 2 aromatic rings. The van der Waals surface area contributed by atoms with Crippen molar-refractivity contribution in [1.82, 2.24) is 4.98 Å². The van der Waals surface area contributed by atoms with E-state index in [1.54, 1.807) is 20.8 Å². The molecule has 0 radical (unpaired) electrons. The fourth-order valence-electron chi connectivity index (χ4n) is 2.67. The lowest BCUT2D eigenvalue weighted by atomic mass is 10.1. The molecule has 7 nitrogen and oxygen atoms in total. The number of ketones is 1. The summed E-state index contributed by atoms with van der Waals surface area (Å²) in [6.07, 6.45) is 0. The van der Waals surface area contributed by atoms with Crippen LogP contribution >= 0.6 is 0 Å². The quantitative estimate of drug-likeness (QED) is 0.589. The van der Waals surface area contributed by atoms with Crippen molar-refractivity contribution in [3.8, 4) is 5.75 Å². The molecule has 0 saturated heterocycles. The van der Waals surface area contributed by atoms with Crippen molar-refractivity contribution in [2.24, 2.45) is 0 Å². The van der Waals surface area contributed by atoms with Crippen LogP contribution in [0.5, 0.6) is 5.75 Å². The number of carbonyl (C=O) groups is 3. The van der Waals surface area contributed by atoms with E-state index in [-0.39, 0.29) is 29.0 Å². The Kier molecular flexibility index (Phi) is 6.33. The van der Waals surface area contributed by atoms with Gasteiger partial charge in [-0.05, 0) is 39.0 Å². The highest BCUT2D eigenvalue weighted by Gasteiger charge is 2.26. The summed E-state index contributed by atoms with van der Waals surface area (Å²) >= 11 is 0. The molecule has 0 amide bonds. The lowest BCUT2D eigenvalue weighted by Crippen LogP contribution is -2.18. The number of aryl methyl sites for hydroxylation is 2. The molecule has 1 N–H and O–H groups in total. The second-order valence-electron chi connectivity index (χ2n) is 5.69. The molecule has 0 unspecified atom stereocenters. The molecular formula is C19H20FNO6. The van der Waals surface area contributed by atoms with Gasteiger partial charge in [0, 0.05) is 11.4 Å². The first kappa shape index (κ1) is 20.2. The van der Waals surface area contributed by atoms with Crippen molar-refractivity contribution in [3.05, 3.63) is 52.1 Å². The summed E-state index contributed by atoms with van der Waals surface area (Å²) in [5.41, 5.74) is 1.11. The predicted octanol–water partition coefficient (Wildman–Crippen LogP) is 3.00. The Morgan fingerprint density at radius 1 is 1.04 bits per heavy atom. The number of hydrogen-bond donors (Lipinski definition) is 1. The van der Waals surface area contributed by atoms with Gasteiger partial charge in [-0.2, -0.15) is 0 Å². The normalized spacial score (nSPS) is 10.4. The number of esters is 2. The largest absolute Gasteiger partial charge is 0.494 e. The van der Waals surface area contributed by atoms with Crippen molar-refractivity contribution in [3.63, 3.8) is 0 Å². The van der Waals surface area contributed by atoms with E-state index in [9.17, 15) is 18.8 Å². The van der Waals surface area contributed by atoms with E-state index in [1.807, 2.05) is 0 Å². The number of carbonyl (C=O) groups excluding carboxylic acids is 3. The number of Topliss-reactive ketones (excluding diaryl/α,β-unsaturated/α-hetero) is 1. The van der Waals surface area contributed by atoms with Crippen LogP contribution in [-0.2, 0) is 9.47 Å². The Morgan fingerprint density at radius 2 is 1.70 bits per heavy atom. The van der Waals surface area contributed by atoms with Crippen LogP contribution in [0.2, 0.25) is 0 Å². The first-order chi connectivity index (χ1) is 12.8. The molecule has 1 heterocycles. The minimum Gasteiger partial charge on any atom is -0.494 e. The van der Waals surface area contributed by atoms with Gasteiger partial charge in [-0.15, -0.1) is 0 Å². The molecule has 8 heteroatoms. The van der Waals surface area contributed by atoms with Crippen LogP contribution in [0.15, 0.2) is 18.2 Å². The number of benzene rings is 1. The van der Waals surface area contributed by atoms with E-state index in [1.165, 1.54) is 19.2 Å². The molecule has 2 rings (SSSR count). The third kappa shape index (κ3) is 4.33. The Bertz CT molecular complexity index is 887. The summed E-state index contributed by atoms with van der Waals surface area (Å²) in [7, 11) is 1.30. The highest BCUT2D eigenvalue weighted by molar-refractivity contribution is 6.09. The van der Waals surface area contributed by atoms with Crippen LogP contribution < -0.4 is 4.74 Å². The predicted molar refractivity (Wildman–Crippen MR) is 93.8 cm³/mol. The summed E-state index contributed by atoms with van der Waals surface area (Å²) in [5.74, 6) is -2.80. The second kappa shape index (κ2) is 8.48. The molecule has 144 valence electrons. The zero-order valence-electron chi connectivity index (χ0n) is 15.5. The molecule has 0 atom stereocenters. The Morgan fingerprint density at radius 3 is 2.30 bits per heavy atom. The molecular weight excluding hydrogens is 357 g/mol. The van der Waals surface area contributed by atoms with Crippen LogP contribution in [0.3, 0.4) is 0 Å². The number of methoxy groups -OCH3 is 1. The first-order valence-electron chi connectivity index (χ1n) is 8.20. The Balaban J connectivity index is 2.15. The molecule has 27 heavy (non-hydrogen) atoms. The lowest BCUT2D eigenvalue weighted by molar-refractivity contribution is 0.0471. The van der Waals surface area contributed by atoms with E-state index in [4.69, 9.17) is 14.2 Å². The Labute approximate surface area is 155 Å². The zero-order valence-corrected chi connectivity index (χ0v) is 15.5. The van der Waals surface area contributed by atoms with Gasteiger partial charge in [0.05, 0.1) is 30.4 Å². The first-order valence-corrected chi connectivity index (χ1v) is 8.20. The molecule has 0 saturated carbocycles. The maximum absolute atomic E-state index is 13.7. The maximum atomic E-state index is 13.7. The van der Waals surface area contributed by atoms with Crippen molar-refractivity contribution in [1.29, 1.82) is 0 Å². The number of ether oxygens (including phenoxy) is 3. The lowest BCUT2D eigenvalue weighted by Gasteiger charge is -2.08. The van der Waals surface area contributed by atoms with Gasteiger partial charge in [-0.1, -0.05) is 0 Å². The topological polar surface area (TPSA) is 94.7 Å². The molecule has 0 aliphatic carbocycles. The number of aromatic nitrogens is 1. The smallest absolute Gasteiger partial charge is 0.340 e. The van der Waals surface area contributed by atoms with Gasteiger partial charge in [0.25, 0.3) is 0 Å². The van der Waals surface area contributed by atoms with E-state index in [2.05, 4.69) is 4.98 Å². The van der Waals surface area contributed by atoms with Crippen LogP contribution in [0.1, 0.15) is 49.4 Å². The number of aromatic amines is 1. The summed E-state index contributed by atoms with van der Waals surface area (Å²) in [4.78, 5) is 39.6. The van der Waals surface area contributed by atoms with Crippen molar-refractivity contribution in [2.75, 3.05) is 20.3 Å². The number of hydrogen-bond acceptors (Lipinski definition) is 6. The number of halogens is 1. The van der Waals surface area contributed by atoms with Crippen molar-refractivity contribution in [2.45, 2.75) is 20.8 Å². The monoisotopic (exact) mass is 377 g/mol. The van der Waals surface area contributed by atoms with Crippen molar-refractivity contribution >= 4 is 17.7 Å². The SMILES string of the molecule is CCOC(=O)c1c(C)[nH]c(C)c1C(=O)COC(=O)c1ccc(OC)c(F)c1. The summed E-state index contributed by atoms with van der Waals surface area (Å²) < 4.78 is 28.4. The fourth-order valence-corrected chi connectivity index (χ4v) is 2.67. The number of nitrogens with one attached hydrogen (secondary N) is 1. The Hall–Kier alpha value is -3.16. The summed E-state index contributed by atoms with van der Waals surface area (Å²) in [6.45, 7) is 4.49. The fraction of sp³-hybridized carbons (Fsp3) is 0.316. The van der Waals surface area contributed by atoms with Crippen LogP contribution in [0, 0.1) is 19.7 Å². The van der Waals surface area contributed by atoms with Gasteiger partial charge in [-0.3, -0.25) is 4.79 Å². The average Bonchev–Trinajstić information content (AvgIpc) is 2.93. The molecule has 1 aromatic heterocycles. The highest BCUT2D eigenvalue weighted by Crippen LogP contribution is 2.21. The van der Waals surface area contributed by atoms with Crippen LogP contribution in [-0.4, -0.2) is 43.0 Å². The minimum atomic E-state index is -0.868. The number of rotatable bonds is 7. The standard InChI is InChI=1S/C19H20FNO6/c1-5-26-19(24)17-11(3)21-10(2)16(17)14(22)9-27-18(23)12-6-7-15(25-4)13(20)8-12/h6-8,21H,5,9H2,1-4H3. The van der Waals surface area contributed by atoms with Gasteiger partial charge >= 0.3 is 11.9 Å². The summed E-state index contributed by atoms with van der Waals surface area (Å²) in [5, 5.41) is 0. The molecule has 0 fully saturated rings. The van der Waals surface area contributed by atoms with E-state index in [0.29, 0.717) is 11.4 Å². The highest BCUT2D eigenvalue weighted by atomic mass is 19.1. The molecule has 0 spiro atoms. The van der Waals surface area contributed by atoms with Gasteiger partial charge in [0.15, 0.2) is 18.2 Å². The molecule has 0 aliphatic heterocycles. The van der Waals surface area contributed by atoms with Crippen LogP contribution in [0.25, 0.3) is 0 Å². The number of H-pyrrole nitrogens is 1. The molecule has 1 aromatic carbocycles. The second-order valence-corrected chi connectivity index (χ2v) is 5.69. The third-order valence-electron chi connectivity index (χ3n) is 3.86. The zero-order chi connectivity index (χ0) is 20.1. The summed E-state index contributed by atoms with van der Waals surface area (Å²) in [6, 6.07) is 3.57.